The normalized spacial score (nSPS) is 10.9. The van der Waals surface area contributed by atoms with Gasteiger partial charge in [0.15, 0.2) is 0 Å². The van der Waals surface area contributed by atoms with Crippen molar-refractivity contribution in [2.24, 2.45) is 0 Å². The number of hydrogen-bond acceptors (Lipinski definition) is 2. The van der Waals surface area contributed by atoms with Crippen molar-refractivity contribution in [3.8, 4) is 0 Å². The number of rotatable bonds is 2. The largest absolute Gasteiger partial charge is 0.418 e. The average Bonchev–Trinajstić information content (AvgIpc) is 2.13. The molecule has 7 heteroatoms. The lowest BCUT2D eigenvalue weighted by atomic mass is 10.2. The zero-order valence-corrected chi connectivity index (χ0v) is 7.99. The summed E-state index contributed by atoms with van der Waals surface area (Å²) in [5.74, 6) is 0. The Morgan fingerprint density at radius 2 is 1.87 bits per heavy atom. The number of carbonyl (C=O) groups is 1. The third-order valence-corrected chi connectivity index (χ3v) is 1.62. The Labute approximate surface area is 88.2 Å². The van der Waals surface area contributed by atoms with E-state index in [0.29, 0.717) is 0 Å². The molecule has 0 aliphatic rings. The van der Waals surface area contributed by atoms with Crippen LogP contribution >= 0.6 is 11.6 Å². The number of benzene rings is 1. The van der Waals surface area contributed by atoms with Crippen molar-refractivity contribution in [3.63, 3.8) is 0 Å². The van der Waals surface area contributed by atoms with E-state index < -0.39 is 17.1 Å². The maximum Gasteiger partial charge on any atom is 0.418 e. The second-order valence-electron chi connectivity index (χ2n) is 2.57. The number of amides is 1. The van der Waals surface area contributed by atoms with E-state index in [2.05, 4.69) is 5.43 Å². The molecule has 0 saturated carbocycles. The standard InChI is InChI=1S/C8H6ClF3N2O/c9-7(15)14-13-6-4-2-1-3-5(6)8(10,11)12/h1-4,13H,(H,14,15). The number of anilines is 1. The Morgan fingerprint density at radius 1 is 1.27 bits per heavy atom. The van der Waals surface area contributed by atoms with E-state index in [-0.39, 0.29) is 5.69 Å². The fraction of sp³-hybridized carbons (Fsp3) is 0.125. The van der Waals surface area contributed by atoms with Gasteiger partial charge >= 0.3 is 11.5 Å². The van der Waals surface area contributed by atoms with Crippen LogP contribution in [0.15, 0.2) is 24.3 Å². The van der Waals surface area contributed by atoms with Crippen LogP contribution in [0.3, 0.4) is 0 Å². The van der Waals surface area contributed by atoms with Gasteiger partial charge in [-0.05, 0) is 23.7 Å². The first-order chi connectivity index (χ1) is 6.91. The van der Waals surface area contributed by atoms with E-state index in [9.17, 15) is 18.0 Å². The van der Waals surface area contributed by atoms with Crippen LogP contribution in [0.4, 0.5) is 23.7 Å². The van der Waals surface area contributed by atoms with E-state index in [0.717, 1.165) is 6.07 Å². The topological polar surface area (TPSA) is 41.1 Å². The second kappa shape index (κ2) is 4.39. The Bertz CT molecular complexity index is 367. The van der Waals surface area contributed by atoms with Gasteiger partial charge in [-0.15, -0.1) is 0 Å². The van der Waals surface area contributed by atoms with Crippen molar-refractivity contribution >= 4 is 22.7 Å². The van der Waals surface area contributed by atoms with Crippen molar-refractivity contribution in [1.29, 1.82) is 0 Å². The molecule has 1 aromatic rings. The number of carbonyl (C=O) groups excluding carboxylic acids is 1. The summed E-state index contributed by atoms with van der Waals surface area (Å²) < 4.78 is 37.2. The average molecular weight is 239 g/mol. The summed E-state index contributed by atoms with van der Waals surface area (Å²) in [6.07, 6.45) is -4.49. The molecule has 0 spiro atoms. The van der Waals surface area contributed by atoms with E-state index in [1.54, 1.807) is 0 Å². The Kier molecular flexibility index (Phi) is 3.41. The quantitative estimate of drug-likeness (QED) is 0.472. The second-order valence-corrected chi connectivity index (χ2v) is 2.91. The fourth-order valence-corrected chi connectivity index (χ4v) is 1.00. The van der Waals surface area contributed by atoms with Gasteiger partial charge in [0.25, 0.3) is 0 Å². The summed E-state index contributed by atoms with van der Waals surface area (Å²) in [6, 6.07) is 4.72. The molecule has 1 amide bonds. The summed E-state index contributed by atoms with van der Waals surface area (Å²) >= 11 is 4.90. The summed E-state index contributed by atoms with van der Waals surface area (Å²) in [7, 11) is 0. The molecule has 0 aliphatic carbocycles. The van der Waals surface area contributed by atoms with Crippen LogP contribution in [0.5, 0.6) is 0 Å². The highest BCUT2D eigenvalue weighted by molar-refractivity contribution is 6.63. The summed E-state index contributed by atoms with van der Waals surface area (Å²) in [6.45, 7) is 0. The molecule has 15 heavy (non-hydrogen) atoms. The predicted octanol–water partition coefficient (Wildman–Crippen LogP) is 2.98. The van der Waals surface area contributed by atoms with Gasteiger partial charge in [0, 0.05) is 0 Å². The molecule has 82 valence electrons. The zero-order chi connectivity index (χ0) is 11.5. The highest BCUT2D eigenvalue weighted by Gasteiger charge is 2.33. The van der Waals surface area contributed by atoms with Crippen LogP contribution in [0.25, 0.3) is 0 Å². The maximum atomic E-state index is 12.4. The molecule has 0 atom stereocenters. The number of halogens is 4. The minimum absolute atomic E-state index is 0.265. The van der Waals surface area contributed by atoms with Gasteiger partial charge in [-0.25, -0.2) is 0 Å². The van der Waals surface area contributed by atoms with Gasteiger partial charge in [0.05, 0.1) is 11.3 Å². The van der Waals surface area contributed by atoms with Gasteiger partial charge in [-0.3, -0.25) is 15.6 Å². The number of nitrogens with one attached hydrogen (secondary N) is 2. The molecule has 0 radical (unpaired) electrons. The molecular weight excluding hydrogens is 233 g/mol. The van der Waals surface area contributed by atoms with E-state index in [4.69, 9.17) is 11.6 Å². The van der Waals surface area contributed by atoms with Crippen molar-refractivity contribution in [2.75, 3.05) is 5.43 Å². The first kappa shape index (κ1) is 11.6. The van der Waals surface area contributed by atoms with E-state index in [1.165, 1.54) is 18.2 Å². The Hall–Kier alpha value is -1.43. The van der Waals surface area contributed by atoms with E-state index >= 15 is 0 Å². The van der Waals surface area contributed by atoms with Crippen LogP contribution in [0, 0.1) is 0 Å². The molecular formula is C8H6ClF3N2O. The Balaban J connectivity index is 2.92. The van der Waals surface area contributed by atoms with Crippen LogP contribution in [0.1, 0.15) is 5.56 Å². The highest BCUT2D eigenvalue weighted by atomic mass is 35.5. The summed E-state index contributed by atoms with van der Waals surface area (Å²) in [5.41, 5.74) is 2.77. The van der Waals surface area contributed by atoms with Gasteiger partial charge in [0.2, 0.25) is 0 Å². The van der Waals surface area contributed by atoms with Crippen LogP contribution < -0.4 is 10.9 Å². The zero-order valence-electron chi connectivity index (χ0n) is 7.23. The molecule has 0 aliphatic heterocycles. The monoisotopic (exact) mass is 238 g/mol. The van der Waals surface area contributed by atoms with Crippen LogP contribution in [-0.2, 0) is 6.18 Å². The molecule has 0 unspecified atom stereocenters. The summed E-state index contributed by atoms with van der Waals surface area (Å²) in [4.78, 5) is 10.3. The molecule has 1 rings (SSSR count). The summed E-state index contributed by atoms with van der Waals surface area (Å²) in [5, 5.41) is -0.994. The number of hydrazine groups is 1. The molecule has 0 heterocycles. The van der Waals surface area contributed by atoms with Crippen LogP contribution in [-0.4, -0.2) is 5.37 Å². The molecule has 0 bridgehead atoms. The SMILES string of the molecule is O=C(Cl)NNc1ccccc1C(F)(F)F. The van der Waals surface area contributed by atoms with Gasteiger partial charge < -0.3 is 0 Å². The first-order valence-electron chi connectivity index (χ1n) is 3.79. The van der Waals surface area contributed by atoms with Crippen molar-refractivity contribution in [3.05, 3.63) is 29.8 Å². The highest BCUT2D eigenvalue weighted by Crippen LogP contribution is 2.34. The molecule has 3 nitrogen and oxygen atoms in total. The van der Waals surface area contributed by atoms with Gasteiger partial charge in [0.1, 0.15) is 0 Å². The van der Waals surface area contributed by atoms with Crippen molar-refractivity contribution in [2.45, 2.75) is 6.18 Å². The third-order valence-electron chi connectivity index (χ3n) is 1.53. The Morgan fingerprint density at radius 3 is 2.40 bits per heavy atom. The van der Waals surface area contributed by atoms with E-state index in [1.807, 2.05) is 5.43 Å². The van der Waals surface area contributed by atoms with Crippen LogP contribution in [0.2, 0.25) is 0 Å². The minimum atomic E-state index is -4.49. The van der Waals surface area contributed by atoms with Gasteiger partial charge in [-0.2, -0.15) is 13.2 Å². The van der Waals surface area contributed by atoms with Crippen molar-refractivity contribution < 1.29 is 18.0 Å². The minimum Gasteiger partial charge on any atom is -0.297 e. The lowest BCUT2D eigenvalue weighted by Crippen LogP contribution is -2.25. The molecule has 0 saturated heterocycles. The number of para-hydroxylation sites is 1. The fourth-order valence-electron chi connectivity index (χ4n) is 0.956. The molecule has 0 aromatic heterocycles. The molecule has 1 aromatic carbocycles. The smallest absolute Gasteiger partial charge is 0.297 e. The third kappa shape index (κ3) is 3.32. The molecule has 0 fully saturated rings. The van der Waals surface area contributed by atoms with Gasteiger partial charge in [-0.1, -0.05) is 12.1 Å². The number of hydrogen-bond donors (Lipinski definition) is 2. The first-order valence-corrected chi connectivity index (χ1v) is 4.17. The lowest BCUT2D eigenvalue weighted by molar-refractivity contribution is -0.137. The molecule has 2 N–H and O–H groups in total. The predicted molar refractivity (Wildman–Crippen MR) is 49.5 cm³/mol. The maximum absolute atomic E-state index is 12.4. The lowest BCUT2D eigenvalue weighted by Gasteiger charge is -2.13. The number of alkyl halides is 3. The van der Waals surface area contributed by atoms with Crippen molar-refractivity contribution in [1.82, 2.24) is 5.43 Å².